The number of para-hydroxylation sites is 1. The number of aliphatic hydroxyl groups is 1. The van der Waals surface area contributed by atoms with Gasteiger partial charge in [-0.3, -0.25) is 0 Å². The number of benzene rings is 1. The van der Waals surface area contributed by atoms with Crippen LogP contribution in [-0.2, 0) is 0 Å². The first-order valence-corrected chi connectivity index (χ1v) is 7.35. The minimum atomic E-state index is -0.422. The molecule has 0 aliphatic rings. The van der Waals surface area contributed by atoms with E-state index < -0.39 is 6.10 Å². The second-order valence-electron chi connectivity index (χ2n) is 4.72. The fraction of sp³-hybridized carbons (Fsp3) is 0.625. The molecule has 0 radical (unpaired) electrons. The van der Waals surface area contributed by atoms with Crippen LogP contribution in [0, 0.1) is 0 Å². The summed E-state index contributed by atoms with van der Waals surface area (Å²) in [6.07, 6.45) is 1.32. The molecule has 0 heterocycles. The standard InChI is InChI=1S/C16H27NO2/c1-4-9-15(18)14-10-7-8-11-16(14)19-13-12-17(5-2)6-3/h7-8,10-11,15,18H,4-6,9,12-13H2,1-3H3. The summed E-state index contributed by atoms with van der Waals surface area (Å²) >= 11 is 0. The SMILES string of the molecule is CCCC(O)c1ccccc1OCCN(CC)CC. The highest BCUT2D eigenvalue weighted by atomic mass is 16.5. The average Bonchev–Trinajstić information content (AvgIpc) is 2.44. The van der Waals surface area contributed by atoms with Gasteiger partial charge in [0.25, 0.3) is 0 Å². The molecule has 0 bridgehead atoms. The Morgan fingerprint density at radius 3 is 2.47 bits per heavy atom. The zero-order valence-electron chi connectivity index (χ0n) is 12.4. The van der Waals surface area contributed by atoms with Crippen molar-refractivity contribution in [1.29, 1.82) is 0 Å². The van der Waals surface area contributed by atoms with E-state index in [1.54, 1.807) is 0 Å². The van der Waals surface area contributed by atoms with Crippen molar-refractivity contribution < 1.29 is 9.84 Å². The van der Waals surface area contributed by atoms with E-state index in [0.717, 1.165) is 43.8 Å². The van der Waals surface area contributed by atoms with Gasteiger partial charge in [0, 0.05) is 12.1 Å². The zero-order valence-corrected chi connectivity index (χ0v) is 12.4. The van der Waals surface area contributed by atoms with Crippen LogP contribution in [0.3, 0.4) is 0 Å². The van der Waals surface area contributed by atoms with Crippen LogP contribution in [0.1, 0.15) is 45.3 Å². The summed E-state index contributed by atoms with van der Waals surface area (Å²) in [7, 11) is 0. The summed E-state index contributed by atoms with van der Waals surface area (Å²) in [5.74, 6) is 0.815. The van der Waals surface area contributed by atoms with Crippen LogP contribution < -0.4 is 4.74 Å². The molecule has 0 saturated carbocycles. The fourth-order valence-corrected chi connectivity index (χ4v) is 2.14. The van der Waals surface area contributed by atoms with Crippen LogP contribution in [-0.4, -0.2) is 36.2 Å². The molecule has 0 spiro atoms. The highest BCUT2D eigenvalue weighted by Crippen LogP contribution is 2.27. The first-order chi connectivity index (χ1) is 9.22. The van der Waals surface area contributed by atoms with Crippen molar-refractivity contribution in [3.05, 3.63) is 29.8 Å². The van der Waals surface area contributed by atoms with Crippen LogP contribution in [0.2, 0.25) is 0 Å². The first kappa shape index (κ1) is 16.0. The van der Waals surface area contributed by atoms with Gasteiger partial charge in [0.2, 0.25) is 0 Å². The lowest BCUT2D eigenvalue weighted by Crippen LogP contribution is -2.28. The second-order valence-corrected chi connectivity index (χ2v) is 4.72. The normalized spacial score (nSPS) is 12.7. The van der Waals surface area contributed by atoms with Crippen molar-refractivity contribution in [3.63, 3.8) is 0 Å². The largest absolute Gasteiger partial charge is 0.492 e. The van der Waals surface area contributed by atoms with Crippen molar-refractivity contribution in [2.75, 3.05) is 26.2 Å². The average molecular weight is 265 g/mol. The molecule has 3 heteroatoms. The molecular formula is C16H27NO2. The Morgan fingerprint density at radius 1 is 1.16 bits per heavy atom. The van der Waals surface area contributed by atoms with E-state index >= 15 is 0 Å². The highest BCUT2D eigenvalue weighted by Gasteiger charge is 2.12. The van der Waals surface area contributed by atoms with Gasteiger partial charge in [0.15, 0.2) is 0 Å². The van der Waals surface area contributed by atoms with Gasteiger partial charge < -0.3 is 14.7 Å². The molecule has 0 aromatic heterocycles. The summed E-state index contributed by atoms with van der Waals surface area (Å²) < 4.78 is 5.84. The third-order valence-electron chi connectivity index (χ3n) is 3.40. The summed E-state index contributed by atoms with van der Waals surface area (Å²) in [4.78, 5) is 2.32. The Hall–Kier alpha value is -1.06. The molecule has 0 aliphatic heterocycles. The second kappa shape index (κ2) is 8.94. The minimum absolute atomic E-state index is 0.422. The number of rotatable bonds is 9. The number of ether oxygens (including phenoxy) is 1. The number of hydrogen-bond donors (Lipinski definition) is 1. The van der Waals surface area contributed by atoms with Crippen LogP contribution in [0.5, 0.6) is 5.75 Å². The molecule has 1 rings (SSSR count). The van der Waals surface area contributed by atoms with E-state index in [-0.39, 0.29) is 0 Å². The van der Waals surface area contributed by atoms with Crippen LogP contribution >= 0.6 is 0 Å². The molecule has 0 fully saturated rings. The zero-order chi connectivity index (χ0) is 14.1. The van der Waals surface area contributed by atoms with Gasteiger partial charge in [0.05, 0.1) is 6.10 Å². The van der Waals surface area contributed by atoms with Crippen molar-refractivity contribution >= 4 is 0 Å². The van der Waals surface area contributed by atoms with Crippen LogP contribution in [0.15, 0.2) is 24.3 Å². The molecule has 1 aromatic rings. The molecule has 0 aliphatic carbocycles. The lowest BCUT2D eigenvalue weighted by Gasteiger charge is -2.20. The number of hydrogen-bond acceptors (Lipinski definition) is 3. The van der Waals surface area contributed by atoms with E-state index in [2.05, 4.69) is 25.7 Å². The van der Waals surface area contributed by atoms with Gasteiger partial charge in [0.1, 0.15) is 12.4 Å². The Balaban J connectivity index is 2.57. The summed E-state index contributed by atoms with van der Waals surface area (Å²) in [5, 5.41) is 10.1. The maximum atomic E-state index is 10.1. The minimum Gasteiger partial charge on any atom is -0.492 e. The number of likely N-dealkylation sites (N-methyl/N-ethyl adjacent to an activating group) is 1. The molecular weight excluding hydrogens is 238 g/mol. The van der Waals surface area contributed by atoms with Gasteiger partial charge in [-0.05, 0) is 25.6 Å². The quantitative estimate of drug-likeness (QED) is 0.744. The highest BCUT2D eigenvalue weighted by molar-refractivity contribution is 5.35. The van der Waals surface area contributed by atoms with E-state index in [1.165, 1.54) is 0 Å². The Morgan fingerprint density at radius 2 is 1.84 bits per heavy atom. The predicted octanol–water partition coefficient (Wildman–Crippen LogP) is 3.24. The van der Waals surface area contributed by atoms with Gasteiger partial charge in [-0.2, -0.15) is 0 Å². The Labute approximate surface area is 117 Å². The topological polar surface area (TPSA) is 32.7 Å². The molecule has 19 heavy (non-hydrogen) atoms. The molecule has 1 unspecified atom stereocenters. The molecule has 1 atom stereocenters. The van der Waals surface area contributed by atoms with Gasteiger partial charge in [-0.1, -0.05) is 45.4 Å². The van der Waals surface area contributed by atoms with Crippen molar-refractivity contribution in [2.45, 2.75) is 39.7 Å². The van der Waals surface area contributed by atoms with E-state index in [9.17, 15) is 5.11 Å². The Bertz CT molecular complexity index is 350. The molecule has 0 saturated heterocycles. The smallest absolute Gasteiger partial charge is 0.125 e. The van der Waals surface area contributed by atoms with E-state index in [1.807, 2.05) is 24.3 Å². The van der Waals surface area contributed by atoms with Gasteiger partial charge >= 0.3 is 0 Å². The van der Waals surface area contributed by atoms with Gasteiger partial charge in [-0.25, -0.2) is 0 Å². The van der Waals surface area contributed by atoms with Crippen molar-refractivity contribution in [1.82, 2.24) is 4.90 Å². The summed E-state index contributed by atoms with van der Waals surface area (Å²) in [6.45, 7) is 10.1. The fourth-order valence-electron chi connectivity index (χ4n) is 2.14. The lowest BCUT2D eigenvalue weighted by molar-refractivity contribution is 0.157. The van der Waals surface area contributed by atoms with Crippen LogP contribution in [0.4, 0.5) is 0 Å². The van der Waals surface area contributed by atoms with Crippen molar-refractivity contribution in [3.8, 4) is 5.75 Å². The third-order valence-corrected chi connectivity index (χ3v) is 3.40. The number of nitrogens with zero attached hydrogens (tertiary/aromatic N) is 1. The predicted molar refractivity (Wildman–Crippen MR) is 79.6 cm³/mol. The van der Waals surface area contributed by atoms with Crippen molar-refractivity contribution in [2.24, 2.45) is 0 Å². The lowest BCUT2D eigenvalue weighted by atomic mass is 10.0. The molecule has 0 amide bonds. The maximum absolute atomic E-state index is 10.1. The number of aliphatic hydroxyl groups excluding tert-OH is 1. The molecule has 3 nitrogen and oxygen atoms in total. The maximum Gasteiger partial charge on any atom is 0.125 e. The molecule has 108 valence electrons. The Kier molecular flexibility index (Phi) is 7.53. The van der Waals surface area contributed by atoms with Gasteiger partial charge in [-0.15, -0.1) is 0 Å². The summed E-state index contributed by atoms with van der Waals surface area (Å²) in [5.41, 5.74) is 0.906. The van der Waals surface area contributed by atoms with E-state index in [4.69, 9.17) is 4.74 Å². The molecule has 1 N–H and O–H groups in total. The summed E-state index contributed by atoms with van der Waals surface area (Å²) in [6, 6.07) is 7.80. The third kappa shape index (κ3) is 5.21. The monoisotopic (exact) mass is 265 g/mol. The van der Waals surface area contributed by atoms with Crippen LogP contribution in [0.25, 0.3) is 0 Å². The first-order valence-electron chi connectivity index (χ1n) is 7.35. The molecule has 1 aromatic carbocycles. The van der Waals surface area contributed by atoms with E-state index in [0.29, 0.717) is 6.61 Å².